The minimum Gasteiger partial charge on any atom is -0.346 e. The summed E-state index contributed by atoms with van der Waals surface area (Å²) < 4.78 is 24.5. The van der Waals surface area contributed by atoms with E-state index in [-0.39, 0.29) is 34.9 Å². The van der Waals surface area contributed by atoms with Crippen LogP contribution in [0.15, 0.2) is 6.07 Å². The van der Waals surface area contributed by atoms with Gasteiger partial charge in [-0.3, -0.25) is 9.69 Å². The number of hydrogen-bond acceptors (Lipinski definition) is 5. The Morgan fingerprint density at radius 2 is 1.93 bits per heavy atom. The third-order valence-corrected chi connectivity index (χ3v) is 9.73. The van der Waals surface area contributed by atoms with Crippen LogP contribution in [0.1, 0.15) is 60.1 Å². The predicted molar refractivity (Wildman–Crippen MR) is 114 cm³/mol. The van der Waals surface area contributed by atoms with E-state index in [1.54, 1.807) is 11.3 Å². The molecule has 1 amide bonds. The summed E-state index contributed by atoms with van der Waals surface area (Å²) in [5.74, 6) is 0.784. The van der Waals surface area contributed by atoms with Crippen molar-refractivity contribution in [2.24, 2.45) is 11.3 Å². The van der Waals surface area contributed by atoms with Gasteiger partial charge in [-0.2, -0.15) is 0 Å². The number of amides is 1. The normalized spacial score (nSPS) is 30.3. The average Bonchev–Trinajstić information content (AvgIpc) is 3.31. The Balaban J connectivity index is 1.47. The monoisotopic (exact) mass is 424 g/mol. The van der Waals surface area contributed by atoms with Crippen molar-refractivity contribution in [1.82, 2.24) is 10.2 Å². The molecule has 1 aromatic rings. The highest BCUT2D eigenvalue weighted by molar-refractivity contribution is 7.91. The highest BCUT2D eigenvalue weighted by Gasteiger charge is 2.42. The van der Waals surface area contributed by atoms with Crippen molar-refractivity contribution in [3.05, 3.63) is 21.4 Å². The fraction of sp³-hybridized carbons (Fsp3) is 0.762. The maximum atomic E-state index is 13.0. The molecule has 0 aromatic carbocycles. The first kappa shape index (κ1) is 20.4. The lowest BCUT2D eigenvalue weighted by Gasteiger charge is -2.33. The highest BCUT2D eigenvalue weighted by Crippen LogP contribution is 2.40. The van der Waals surface area contributed by atoms with Gasteiger partial charge in [-0.05, 0) is 68.2 Å². The number of aryl methyl sites for hydroxylation is 1. The molecule has 0 spiro atoms. The van der Waals surface area contributed by atoms with E-state index in [1.165, 1.54) is 16.9 Å². The Labute approximate surface area is 172 Å². The average molecular weight is 425 g/mol. The molecular weight excluding hydrogens is 392 g/mol. The van der Waals surface area contributed by atoms with Gasteiger partial charge in [-0.25, -0.2) is 8.42 Å². The number of nitrogens with zero attached hydrogens (tertiary/aromatic N) is 1. The Kier molecular flexibility index (Phi) is 5.38. The Hall–Kier alpha value is -0.920. The zero-order valence-electron chi connectivity index (χ0n) is 17.2. The molecule has 1 aliphatic carbocycles. The van der Waals surface area contributed by atoms with Crippen molar-refractivity contribution in [3.8, 4) is 0 Å². The third-order valence-electron chi connectivity index (χ3n) is 6.78. The fourth-order valence-corrected chi connectivity index (χ4v) is 8.08. The number of thiophene rings is 1. The highest BCUT2D eigenvalue weighted by atomic mass is 32.2. The molecule has 4 rings (SSSR count). The second kappa shape index (κ2) is 7.40. The van der Waals surface area contributed by atoms with E-state index >= 15 is 0 Å². The van der Waals surface area contributed by atoms with E-state index < -0.39 is 9.84 Å². The van der Waals surface area contributed by atoms with Crippen LogP contribution >= 0.6 is 11.3 Å². The van der Waals surface area contributed by atoms with Crippen molar-refractivity contribution in [2.45, 2.75) is 65.0 Å². The first-order valence-electron chi connectivity index (χ1n) is 10.5. The molecule has 2 fully saturated rings. The molecule has 1 N–H and O–H groups in total. The zero-order valence-corrected chi connectivity index (χ0v) is 18.8. The number of carbonyl (C=O) groups is 1. The molecule has 28 heavy (non-hydrogen) atoms. The van der Waals surface area contributed by atoms with Gasteiger partial charge < -0.3 is 5.32 Å². The number of nitrogens with one attached hydrogen (secondary N) is 1. The van der Waals surface area contributed by atoms with E-state index in [4.69, 9.17) is 0 Å². The van der Waals surface area contributed by atoms with E-state index in [0.29, 0.717) is 5.92 Å². The maximum Gasteiger partial charge on any atom is 0.261 e. The lowest BCUT2D eigenvalue weighted by Crippen LogP contribution is -2.50. The van der Waals surface area contributed by atoms with Crippen LogP contribution in [0.4, 0.5) is 0 Å². The lowest BCUT2D eigenvalue weighted by atomic mass is 9.72. The zero-order chi connectivity index (χ0) is 20.1. The SMILES string of the molecule is CC(C)(C)C1CCc2sc(C(=O)NC3CS(=O)(=O)CC3N3CCCC3)cc2C1. The quantitative estimate of drug-likeness (QED) is 0.810. The molecule has 3 aliphatic rings. The van der Waals surface area contributed by atoms with Crippen LogP contribution in [0.3, 0.4) is 0 Å². The van der Waals surface area contributed by atoms with Crippen molar-refractivity contribution in [2.75, 3.05) is 24.6 Å². The topological polar surface area (TPSA) is 66.5 Å². The van der Waals surface area contributed by atoms with Crippen molar-refractivity contribution in [1.29, 1.82) is 0 Å². The Bertz CT molecular complexity index is 847. The molecule has 5 nitrogen and oxygen atoms in total. The van der Waals surface area contributed by atoms with Gasteiger partial charge in [0, 0.05) is 10.9 Å². The minimum absolute atomic E-state index is 0.0666. The number of likely N-dealkylation sites (tertiary alicyclic amines) is 1. The fourth-order valence-electron chi connectivity index (χ4n) is 5.01. The molecule has 7 heteroatoms. The van der Waals surface area contributed by atoms with Gasteiger partial charge >= 0.3 is 0 Å². The van der Waals surface area contributed by atoms with Gasteiger partial charge in [0.15, 0.2) is 9.84 Å². The van der Waals surface area contributed by atoms with Crippen LogP contribution in [0.25, 0.3) is 0 Å². The largest absolute Gasteiger partial charge is 0.346 e. The van der Waals surface area contributed by atoms with Crippen LogP contribution in [0, 0.1) is 11.3 Å². The molecule has 1 aromatic heterocycles. The second-order valence-corrected chi connectivity index (χ2v) is 13.1. The summed E-state index contributed by atoms with van der Waals surface area (Å²) in [6.07, 6.45) is 5.49. The number of hydrogen-bond donors (Lipinski definition) is 1. The summed E-state index contributed by atoms with van der Waals surface area (Å²) >= 11 is 1.60. The first-order chi connectivity index (χ1) is 13.1. The smallest absolute Gasteiger partial charge is 0.261 e. The molecule has 156 valence electrons. The Morgan fingerprint density at radius 3 is 2.61 bits per heavy atom. The molecular formula is C21H32N2O3S2. The van der Waals surface area contributed by atoms with Crippen molar-refractivity contribution >= 4 is 27.1 Å². The molecule has 0 saturated carbocycles. The summed E-state index contributed by atoms with van der Waals surface area (Å²) in [5.41, 5.74) is 1.60. The number of fused-ring (bicyclic) bond motifs is 1. The number of rotatable bonds is 3. The van der Waals surface area contributed by atoms with Gasteiger partial charge in [0.25, 0.3) is 5.91 Å². The Morgan fingerprint density at radius 1 is 1.21 bits per heavy atom. The summed E-state index contributed by atoms with van der Waals surface area (Å²) in [6.45, 7) is 8.76. The molecule has 2 saturated heterocycles. The predicted octanol–water partition coefficient (Wildman–Crippen LogP) is 2.89. The van der Waals surface area contributed by atoms with Crippen molar-refractivity contribution < 1.29 is 13.2 Å². The number of carbonyl (C=O) groups excluding carboxylic acids is 1. The molecule has 3 heterocycles. The second-order valence-electron chi connectivity index (χ2n) is 9.83. The van der Waals surface area contributed by atoms with Gasteiger partial charge in [0.2, 0.25) is 0 Å². The molecule has 2 aliphatic heterocycles. The molecule has 0 radical (unpaired) electrons. The van der Waals surface area contributed by atoms with E-state index in [0.717, 1.165) is 43.6 Å². The minimum atomic E-state index is -3.09. The van der Waals surface area contributed by atoms with Crippen LogP contribution in [-0.4, -0.2) is 55.9 Å². The standard InChI is InChI=1S/C21H32N2O3S2/c1-21(2,3)15-6-7-18-14(10-15)11-19(27-18)20(24)22-16-12-28(25,26)13-17(16)23-8-4-5-9-23/h11,15-17H,4-10,12-13H2,1-3H3,(H,22,24). The molecule has 0 bridgehead atoms. The summed E-state index contributed by atoms with van der Waals surface area (Å²) in [5, 5.41) is 3.08. The van der Waals surface area contributed by atoms with Crippen LogP contribution in [-0.2, 0) is 22.7 Å². The van der Waals surface area contributed by atoms with Crippen molar-refractivity contribution in [3.63, 3.8) is 0 Å². The molecule has 3 atom stereocenters. The van der Waals surface area contributed by atoms with Crippen LogP contribution < -0.4 is 5.32 Å². The lowest BCUT2D eigenvalue weighted by molar-refractivity contribution is 0.0922. The van der Waals surface area contributed by atoms with Crippen LogP contribution in [0.2, 0.25) is 0 Å². The molecule has 3 unspecified atom stereocenters. The van der Waals surface area contributed by atoms with Gasteiger partial charge in [-0.15, -0.1) is 11.3 Å². The summed E-state index contributed by atoms with van der Waals surface area (Å²) in [4.78, 5) is 17.3. The number of sulfone groups is 1. The van der Waals surface area contributed by atoms with Crippen LogP contribution in [0.5, 0.6) is 0 Å². The summed E-state index contributed by atoms with van der Waals surface area (Å²) in [6, 6.07) is 1.69. The third kappa shape index (κ3) is 4.17. The van der Waals surface area contributed by atoms with E-state index in [9.17, 15) is 13.2 Å². The van der Waals surface area contributed by atoms with Gasteiger partial charge in [-0.1, -0.05) is 20.8 Å². The maximum absolute atomic E-state index is 13.0. The van der Waals surface area contributed by atoms with Gasteiger partial charge in [0.1, 0.15) is 0 Å². The van der Waals surface area contributed by atoms with E-state index in [2.05, 4.69) is 37.1 Å². The van der Waals surface area contributed by atoms with Gasteiger partial charge in [0.05, 0.1) is 22.4 Å². The summed E-state index contributed by atoms with van der Waals surface area (Å²) in [7, 11) is -3.09. The first-order valence-corrected chi connectivity index (χ1v) is 13.1. The van der Waals surface area contributed by atoms with E-state index in [1.807, 2.05) is 0 Å².